The van der Waals surface area contributed by atoms with Crippen molar-refractivity contribution in [3.63, 3.8) is 0 Å². The predicted octanol–water partition coefficient (Wildman–Crippen LogP) is 3.90. The van der Waals surface area contributed by atoms with Gasteiger partial charge < -0.3 is 20.2 Å². The van der Waals surface area contributed by atoms with Crippen molar-refractivity contribution in [2.45, 2.75) is 19.3 Å². The molecule has 182 valence electrons. The highest BCUT2D eigenvalue weighted by Gasteiger charge is 2.34. The first-order valence-corrected chi connectivity index (χ1v) is 10.3. The summed E-state index contributed by atoms with van der Waals surface area (Å²) in [7, 11) is 3.71. The zero-order valence-electron chi connectivity index (χ0n) is 18.6. The van der Waals surface area contributed by atoms with Gasteiger partial charge in [-0.15, -0.1) is 5.10 Å². The minimum Gasteiger partial charge on any atom is -0.463 e. The summed E-state index contributed by atoms with van der Waals surface area (Å²) in [5, 5.41) is 16.1. The van der Waals surface area contributed by atoms with Crippen molar-refractivity contribution in [3.8, 4) is 0 Å². The van der Waals surface area contributed by atoms with Crippen molar-refractivity contribution >= 4 is 29.4 Å². The van der Waals surface area contributed by atoms with Gasteiger partial charge in [0.15, 0.2) is 5.82 Å². The number of carboxylic acid groups (broad SMARTS) is 1. The summed E-state index contributed by atoms with van der Waals surface area (Å²) in [6, 6.07) is 10.5. The highest BCUT2D eigenvalue weighted by Crippen LogP contribution is 2.32. The fourth-order valence-corrected chi connectivity index (χ4v) is 3.72. The van der Waals surface area contributed by atoms with E-state index in [1.165, 1.54) is 4.90 Å². The summed E-state index contributed by atoms with van der Waals surface area (Å²) in [5.41, 5.74) is 0.871. The fourth-order valence-electron chi connectivity index (χ4n) is 3.72. The second-order valence-electron chi connectivity index (χ2n) is 8.10. The lowest BCUT2D eigenvalue weighted by atomic mass is 10.1. The van der Waals surface area contributed by atoms with Gasteiger partial charge in [0.05, 0.1) is 24.3 Å². The van der Waals surface area contributed by atoms with Crippen LogP contribution in [0.5, 0.6) is 0 Å². The molecular weight excluding hydrogens is 467 g/mol. The Kier molecular flexibility index (Phi) is 5.97. The molecule has 9 nitrogen and oxygen atoms in total. The molecule has 1 aliphatic rings. The lowest BCUT2D eigenvalue weighted by molar-refractivity contribution is -0.137. The molecule has 0 radical (unpaired) electrons. The number of alkyl halides is 3. The van der Waals surface area contributed by atoms with Crippen LogP contribution in [-0.2, 0) is 19.3 Å². The Bertz CT molecular complexity index is 1300. The van der Waals surface area contributed by atoms with Crippen LogP contribution in [0.25, 0.3) is 0 Å². The van der Waals surface area contributed by atoms with Gasteiger partial charge in [-0.3, -0.25) is 9.59 Å². The van der Waals surface area contributed by atoms with Crippen molar-refractivity contribution in [1.29, 1.82) is 0 Å². The number of halogens is 3. The van der Waals surface area contributed by atoms with Crippen LogP contribution >= 0.6 is 0 Å². The van der Waals surface area contributed by atoms with Crippen molar-refractivity contribution in [2.24, 2.45) is 0 Å². The van der Waals surface area contributed by atoms with E-state index in [9.17, 15) is 32.7 Å². The molecule has 35 heavy (non-hydrogen) atoms. The third-order valence-corrected chi connectivity index (χ3v) is 5.58. The molecule has 1 aromatic heterocycles. The maximum atomic E-state index is 12.9. The van der Waals surface area contributed by atoms with E-state index in [2.05, 4.69) is 10.4 Å². The summed E-state index contributed by atoms with van der Waals surface area (Å²) in [5.74, 6) is -1.10. The zero-order chi connectivity index (χ0) is 25.5. The van der Waals surface area contributed by atoms with Gasteiger partial charge in [0.2, 0.25) is 0 Å². The zero-order valence-corrected chi connectivity index (χ0v) is 18.6. The minimum atomic E-state index is -4.53. The Morgan fingerprint density at radius 2 is 1.57 bits per heavy atom. The monoisotopic (exact) mass is 487 g/mol. The molecule has 2 heterocycles. The quantitative estimate of drug-likeness (QED) is 0.578. The smallest absolute Gasteiger partial charge is 0.432 e. The van der Waals surface area contributed by atoms with Crippen LogP contribution in [0, 0.1) is 0 Å². The number of carbonyl (C=O) groups excluding carboxylic acids is 2. The molecule has 0 saturated heterocycles. The van der Waals surface area contributed by atoms with E-state index in [1.807, 2.05) is 19.0 Å². The second-order valence-corrected chi connectivity index (χ2v) is 8.10. The molecule has 4 rings (SSSR count). The van der Waals surface area contributed by atoms with Gasteiger partial charge in [-0.05, 0) is 48.5 Å². The number of amides is 2. The van der Waals surface area contributed by atoms with Crippen LogP contribution in [0.1, 0.15) is 37.5 Å². The molecule has 0 aliphatic carbocycles. The third-order valence-electron chi connectivity index (χ3n) is 5.58. The molecule has 0 atom stereocenters. The van der Waals surface area contributed by atoms with Crippen molar-refractivity contribution in [3.05, 3.63) is 76.5 Å². The molecule has 0 saturated carbocycles. The Hall–Kier alpha value is -4.35. The van der Waals surface area contributed by atoms with E-state index in [-0.39, 0.29) is 30.2 Å². The molecule has 12 heteroatoms. The number of benzene rings is 2. The van der Waals surface area contributed by atoms with Crippen molar-refractivity contribution in [2.75, 3.05) is 24.3 Å². The molecule has 0 bridgehead atoms. The van der Waals surface area contributed by atoms with Crippen molar-refractivity contribution in [1.82, 2.24) is 14.7 Å². The topological polar surface area (TPSA) is 108 Å². The van der Waals surface area contributed by atoms with E-state index in [1.54, 1.807) is 24.3 Å². The summed E-state index contributed by atoms with van der Waals surface area (Å²) in [6.45, 7) is -0.209. The van der Waals surface area contributed by atoms with Crippen molar-refractivity contribution < 1.29 is 32.7 Å². The number of nitrogens with zero attached hydrogens (tertiary/aromatic N) is 4. The van der Waals surface area contributed by atoms with Gasteiger partial charge in [0.1, 0.15) is 0 Å². The summed E-state index contributed by atoms with van der Waals surface area (Å²) < 4.78 is 39.1. The highest BCUT2D eigenvalue weighted by molar-refractivity contribution is 6.04. The Labute approximate surface area is 197 Å². The van der Waals surface area contributed by atoms with Crippen LogP contribution in [0.3, 0.4) is 0 Å². The lowest BCUT2D eigenvalue weighted by Crippen LogP contribution is -2.27. The van der Waals surface area contributed by atoms with Crippen LogP contribution in [0.4, 0.5) is 29.5 Å². The first-order chi connectivity index (χ1) is 16.5. The third kappa shape index (κ3) is 4.67. The maximum absolute atomic E-state index is 12.9. The van der Waals surface area contributed by atoms with Crippen LogP contribution < -0.4 is 10.2 Å². The van der Waals surface area contributed by atoms with E-state index < -0.39 is 29.6 Å². The number of aromatic nitrogens is 2. The molecular formula is C23H20F3N5O4. The number of rotatable bonds is 4. The fraction of sp³-hybridized carbons (Fsp3) is 0.217. The summed E-state index contributed by atoms with van der Waals surface area (Å²) in [6.07, 6.45) is -5.93. The average Bonchev–Trinajstić information content (AvgIpc) is 3.38. The largest absolute Gasteiger partial charge is 0.463 e. The number of anilines is 2. The highest BCUT2D eigenvalue weighted by atomic mass is 19.4. The average molecular weight is 487 g/mol. The number of fused-ring (bicyclic) bond motifs is 1. The maximum Gasteiger partial charge on any atom is 0.432 e. The van der Waals surface area contributed by atoms with Gasteiger partial charge in [0, 0.05) is 36.5 Å². The number of nitrogens with one attached hydrogen (secondary N) is 1. The van der Waals surface area contributed by atoms with E-state index >= 15 is 0 Å². The summed E-state index contributed by atoms with van der Waals surface area (Å²) in [4.78, 5) is 40.4. The minimum absolute atomic E-state index is 0.00759. The van der Waals surface area contributed by atoms with Gasteiger partial charge in [-0.25, -0.2) is 4.79 Å². The van der Waals surface area contributed by atoms with Gasteiger partial charge in [-0.1, -0.05) is 0 Å². The first-order valence-electron chi connectivity index (χ1n) is 10.3. The van der Waals surface area contributed by atoms with E-state index in [4.69, 9.17) is 0 Å². The lowest BCUT2D eigenvalue weighted by Gasteiger charge is -2.17. The first kappa shape index (κ1) is 23.8. The molecule has 2 amide bonds. The SMILES string of the molecule is CN(C)c1ccc(C(=O)Nc2nn(C(=O)O)c3c2CN(C(=O)c2ccc(C(F)(F)F)cc2)C3)cc1. The van der Waals surface area contributed by atoms with Gasteiger partial charge in [0.25, 0.3) is 11.8 Å². The molecule has 1 aliphatic heterocycles. The number of carbonyl (C=O) groups is 3. The van der Waals surface area contributed by atoms with Crippen LogP contribution in [0.15, 0.2) is 48.5 Å². The molecule has 2 N–H and O–H groups in total. The Balaban J connectivity index is 1.55. The summed E-state index contributed by atoms with van der Waals surface area (Å²) >= 11 is 0. The number of hydrogen-bond donors (Lipinski definition) is 2. The molecule has 0 spiro atoms. The van der Waals surface area contributed by atoms with Crippen LogP contribution in [0.2, 0.25) is 0 Å². The van der Waals surface area contributed by atoms with E-state index in [0.29, 0.717) is 15.8 Å². The molecule has 0 unspecified atom stereocenters. The van der Waals surface area contributed by atoms with E-state index in [0.717, 1.165) is 30.0 Å². The second kappa shape index (κ2) is 8.78. The normalized spacial score (nSPS) is 12.9. The standard InChI is InChI=1S/C23H20F3N5O4/c1-29(2)16-9-5-13(6-10-16)20(32)27-19-17-11-30(12-18(17)31(28-19)22(34)35)21(33)14-3-7-15(8-4-14)23(24,25)26/h3-10H,11-12H2,1-2H3,(H,34,35)(H,27,28,32). The Morgan fingerprint density at radius 3 is 2.11 bits per heavy atom. The number of hydrogen-bond acceptors (Lipinski definition) is 5. The molecule has 2 aromatic carbocycles. The van der Waals surface area contributed by atoms with Gasteiger partial charge >= 0.3 is 12.3 Å². The van der Waals surface area contributed by atoms with Gasteiger partial charge in [-0.2, -0.15) is 17.9 Å². The Morgan fingerprint density at radius 1 is 0.971 bits per heavy atom. The molecule has 3 aromatic rings. The predicted molar refractivity (Wildman–Crippen MR) is 119 cm³/mol. The molecule has 0 fully saturated rings. The van der Waals surface area contributed by atoms with Crippen LogP contribution in [-0.4, -0.2) is 51.8 Å².